The maximum Gasteiger partial charge on any atom is 0.191 e. The first-order chi connectivity index (χ1) is 13.2. The maximum atomic E-state index is 12.6. The monoisotopic (exact) mass is 530 g/mol. The average molecular weight is 530 g/mol. The van der Waals surface area contributed by atoms with E-state index in [-0.39, 0.29) is 41.7 Å². The minimum absolute atomic E-state index is 0. The van der Waals surface area contributed by atoms with Crippen molar-refractivity contribution in [3.8, 4) is 0 Å². The zero-order valence-corrected chi connectivity index (χ0v) is 20.6. The van der Waals surface area contributed by atoms with Gasteiger partial charge in [0.2, 0.25) is 0 Å². The molecule has 0 atom stereocenters. The molecule has 0 aliphatic rings. The third kappa shape index (κ3) is 8.30. The minimum Gasteiger partial charge on any atom is -0.356 e. The molecule has 0 aliphatic carbocycles. The minimum atomic E-state index is -3.35. The molecule has 29 heavy (non-hydrogen) atoms. The molecule has 1 aromatic carbocycles. The maximum absolute atomic E-state index is 12.6. The molecule has 1 heterocycles. The number of aromatic nitrogens is 1. The summed E-state index contributed by atoms with van der Waals surface area (Å²) in [7, 11) is -1.68. The summed E-state index contributed by atoms with van der Waals surface area (Å²) >= 11 is 0. The van der Waals surface area contributed by atoms with Crippen LogP contribution in [0.1, 0.15) is 32.0 Å². The molecule has 2 N–H and O–H groups in total. The molecule has 0 spiro atoms. The van der Waals surface area contributed by atoms with E-state index < -0.39 is 9.84 Å². The number of nitrogens with zero attached hydrogens (tertiary/aromatic N) is 2. The van der Waals surface area contributed by atoms with E-state index >= 15 is 0 Å². The van der Waals surface area contributed by atoms with E-state index in [1.54, 1.807) is 25.4 Å². The Morgan fingerprint density at radius 2 is 1.69 bits per heavy atom. The van der Waals surface area contributed by atoms with Crippen LogP contribution in [-0.2, 0) is 21.7 Å². The molecule has 0 saturated heterocycles. The molecule has 2 rings (SSSR count). The van der Waals surface area contributed by atoms with E-state index in [0.29, 0.717) is 17.4 Å². The summed E-state index contributed by atoms with van der Waals surface area (Å²) in [4.78, 5) is 8.75. The van der Waals surface area contributed by atoms with Gasteiger partial charge in [-0.15, -0.1) is 24.0 Å². The molecule has 160 valence electrons. The number of sulfone groups is 1. The van der Waals surface area contributed by atoms with Gasteiger partial charge in [-0.1, -0.05) is 39.0 Å². The second-order valence-electron chi connectivity index (χ2n) is 7.59. The number of hydrogen-bond acceptors (Lipinski definition) is 4. The molecule has 8 heteroatoms. The van der Waals surface area contributed by atoms with Gasteiger partial charge in [0.05, 0.1) is 10.6 Å². The summed E-state index contributed by atoms with van der Waals surface area (Å²) in [6.07, 6.45) is 2.53. The van der Waals surface area contributed by atoms with Crippen LogP contribution in [0, 0.1) is 0 Å². The molecule has 0 radical (unpaired) electrons. The van der Waals surface area contributed by atoms with Gasteiger partial charge in [0, 0.05) is 38.4 Å². The summed E-state index contributed by atoms with van der Waals surface area (Å²) in [5, 5.41) is 6.23. The van der Waals surface area contributed by atoms with E-state index in [9.17, 15) is 8.42 Å². The number of guanidine groups is 1. The molecule has 0 unspecified atom stereocenters. The van der Waals surface area contributed by atoms with Crippen molar-refractivity contribution in [2.24, 2.45) is 4.99 Å². The van der Waals surface area contributed by atoms with Gasteiger partial charge in [0.15, 0.2) is 15.8 Å². The molecular weight excluding hydrogens is 499 g/mol. The lowest BCUT2D eigenvalue weighted by atomic mass is 9.87. The fourth-order valence-corrected chi connectivity index (χ4v) is 3.82. The smallest absolute Gasteiger partial charge is 0.191 e. The second-order valence-corrected chi connectivity index (χ2v) is 9.70. The van der Waals surface area contributed by atoms with Crippen molar-refractivity contribution in [2.45, 2.75) is 37.5 Å². The first-order valence-corrected chi connectivity index (χ1v) is 11.1. The standard InChI is InChI=1S/C21H30N4O2S.HI/c1-21(2,3)17-8-10-19(11-9-17)28(26,27)16-15-25-20(22-4)24-14-12-18-7-5-6-13-23-18;/h5-11,13H,12,14-16H2,1-4H3,(H2,22,24,25);1H. The van der Waals surface area contributed by atoms with Crippen LogP contribution in [0.3, 0.4) is 0 Å². The largest absolute Gasteiger partial charge is 0.356 e. The van der Waals surface area contributed by atoms with Crippen LogP contribution in [0.4, 0.5) is 0 Å². The topological polar surface area (TPSA) is 83.4 Å². The summed E-state index contributed by atoms with van der Waals surface area (Å²) in [5.74, 6) is 0.581. The van der Waals surface area contributed by atoms with Crippen LogP contribution in [0.25, 0.3) is 0 Å². The van der Waals surface area contributed by atoms with E-state index in [0.717, 1.165) is 17.7 Å². The van der Waals surface area contributed by atoms with E-state index in [4.69, 9.17) is 0 Å². The zero-order valence-electron chi connectivity index (χ0n) is 17.5. The Morgan fingerprint density at radius 3 is 2.24 bits per heavy atom. The van der Waals surface area contributed by atoms with Gasteiger partial charge in [-0.25, -0.2) is 8.42 Å². The molecule has 2 aromatic rings. The lowest BCUT2D eigenvalue weighted by molar-refractivity contribution is 0.586. The highest BCUT2D eigenvalue weighted by molar-refractivity contribution is 14.0. The van der Waals surface area contributed by atoms with Gasteiger partial charge < -0.3 is 10.6 Å². The Bertz CT molecular complexity index is 877. The molecule has 0 aliphatic heterocycles. The number of hydrogen-bond donors (Lipinski definition) is 2. The Balaban J connectivity index is 0.00000420. The highest BCUT2D eigenvalue weighted by Crippen LogP contribution is 2.23. The lowest BCUT2D eigenvalue weighted by Gasteiger charge is -2.19. The SMILES string of the molecule is CN=C(NCCc1ccccn1)NCCS(=O)(=O)c1ccc(C(C)(C)C)cc1.I. The fourth-order valence-electron chi connectivity index (χ4n) is 2.66. The summed E-state index contributed by atoms with van der Waals surface area (Å²) in [5.41, 5.74) is 2.10. The van der Waals surface area contributed by atoms with Gasteiger partial charge in [-0.05, 0) is 35.2 Å². The normalized spacial score (nSPS) is 12.2. The van der Waals surface area contributed by atoms with Crippen LogP contribution in [0.15, 0.2) is 58.5 Å². The average Bonchev–Trinajstić information content (AvgIpc) is 2.67. The summed E-state index contributed by atoms with van der Waals surface area (Å²) in [6.45, 7) is 7.26. The Labute approximate surface area is 191 Å². The van der Waals surface area contributed by atoms with E-state index in [2.05, 4.69) is 41.4 Å². The second kappa shape index (κ2) is 11.5. The summed E-state index contributed by atoms with van der Waals surface area (Å²) < 4.78 is 25.1. The molecular formula is C21H31IN4O2S. The van der Waals surface area contributed by atoms with Crippen molar-refractivity contribution in [3.05, 3.63) is 59.9 Å². The molecule has 0 amide bonds. The molecule has 0 saturated carbocycles. The predicted molar refractivity (Wildman–Crippen MR) is 130 cm³/mol. The van der Waals surface area contributed by atoms with Crippen LogP contribution in [0.2, 0.25) is 0 Å². The van der Waals surface area contributed by atoms with Gasteiger partial charge in [0.1, 0.15) is 0 Å². The summed E-state index contributed by atoms with van der Waals surface area (Å²) in [6, 6.07) is 13.0. The third-order valence-electron chi connectivity index (χ3n) is 4.37. The number of pyridine rings is 1. The fraction of sp³-hybridized carbons (Fsp3) is 0.429. The first-order valence-electron chi connectivity index (χ1n) is 9.40. The highest BCUT2D eigenvalue weighted by atomic mass is 127. The van der Waals surface area contributed by atoms with Crippen molar-refractivity contribution >= 4 is 39.8 Å². The number of benzene rings is 1. The molecule has 1 aromatic heterocycles. The van der Waals surface area contributed by atoms with E-state index in [1.807, 2.05) is 30.3 Å². The van der Waals surface area contributed by atoms with Crippen molar-refractivity contribution in [3.63, 3.8) is 0 Å². The Morgan fingerprint density at radius 1 is 1.03 bits per heavy atom. The lowest BCUT2D eigenvalue weighted by Crippen LogP contribution is -2.40. The molecule has 0 fully saturated rings. The van der Waals surface area contributed by atoms with Gasteiger partial charge >= 0.3 is 0 Å². The third-order valence-corrected chi connectivity index (χ3v) is 6.10. The van der Waals surface area contributed by atoms with Crippen LogP contribution < -0.4 is 10.6 Å². The Kier molecular flexibility index (Phi) is 10.0. The van der Waals surface area contributed by atoms with Crippen LogP contribution in [-0.4, -0.2) is 45.3 Å². The quantitative estimate of drug-likeness (QED) is 0.327. The number of nitrogens with one attached hydrogen (secondary N) is 2. The predicted octanol–water partition coefficient (Wildman–Crippen LogP) is 3.18. The van der Waals surface area contributed by atoms with Crippen LogP contribution in [0.5, 0.6) is 0 Å². The molecule has 6 nitrogen and oxygen atoms in total. The zero-order chi connectivity index (χ0) is 20.6. The van der Waals surface area contributed by atoms with Crippen molar-refractivity contribution in [1.82, 2.24) is 15.6 Å². The van der Waals surface area contributed by atoms with Gasteiger partial charge in [-0.3, -0.25) is 9.98 Å². The number of halogens is 1. The van der Waals surface area contributed by atoms with Gasteiger partial charge in [-0.2, -0.15) is 0 Å². The number of aliphatic imine (C=N–C) groups is 1. The van der Waals surface area contributed by atoms with Crippen molar-refractivity contribution < 1.29 is 8.42 Å². The van der Waals surface area contributed by atoms with Crippen LogP contribution >= 0.6 is 24.0 Å². The van der Waals surface area contributed by atoms with Gasteiger partial charge in [0.25, 0.3) is 0 Å². The first kappa shape index (κ1) is 25.4. The Hall–Kier alpha value is -1.68. The highest BCUT2D eigenvalue weighted by Gasteiger charge is 2.17. The van der Waals surface area contributed by atoms with Crippen molar-refractivity contribution in [2.75, 3.05) is 25.9 Å². The molecule has 0 bridgehead atoms. The van der Waals surface area contributed by atoms with E-state index in [1.165, 1.54) is 0 Å². The van der Waals surface area contributed by atoms with Crippen molar-refractivity contribution in [1.29, 1.82) is 0 Å². The number of rotatable bonds is 7.